The van der Waals surface area contributed by atoms with Crippen LogP contribution in [0.5, 0.6) is 0 Å². The molecule has 0 spiro atoms. The lowest BCUT2D eigenvalue weighted by Crippen LogP contribution is -2.48. The Kier molecular flexibility index (Phi) is 7.17. The summed E-state index contributed by atoms with van der Waals surface area (Å²) < 4.78 is 0. The number of piperidine rings is 1. The van der Waals surface area contributed by atoms with E-state index in [2.05, 4.69) is 46.9 Å². The van der Waals surface area contributed by atoms with Gasteiger partial charge in [-0.1, -0.05) is 13.8 Å². The van der Waals surface area contributed by atoms with Crippen molar-refractivity contribution in [2.45, 2.75) is 58.9 Å². The predicted octanol–water partition coefficient (Wildman–Crippen LogP) is 2.34. The van der Waals surface area contributed by atoms with Crippen molar-refractivity contribution in [3.63, 3.8) is 0 Å². The summed E-state index contributed by atoms with van der Waals surface area (Å²) in [6, 6.07) is 2.42. The van der Waals surface area contributed by atoms with Gasteiger partial charge in [-0.2, -0.15) is 0 Å². The fourth-order valence-electron chi connectivity index (χ4n) is 3.41. The van der Waals surface area contributed by atoms with Gasteiger partial charge in [-0.05, 0) is 33.7 Å². The molecule has 1 aromatic heterocycles. The van der Waals surface area contributed by atoms with E-state index in [0.29, 0.717) is 18.4 Å². The third kappa shape index (κ3) is 5.14. The van der Waals surface area contributed by atoms with Crippen LogP contribution in [0.15, 0.2) is 6.07 Å². The number of hydrogen-bond donors (Lipinski definition) is 1. The summed E-state index contributed by atoms with van der Waals surface area (Å²) in [6.45, 7) is 11.8. The summed E-state index contributed by atoms with van der Waals surface area (Å²) in [6.07, 6.45) is 2.58. The summed E-state index contributed by atoms with van der Waals surface area (Å²) in [5, 5.41) is 3.06. The van der Waals surface area contributed by atoms with Crippen LogP contribution in [0.3, 0.4) is 0 Å². The molecular formula is C19H33N5O. The average Bonchev–Trinajstić information content (AvgIpc) is 2.60. The van der Waals surface area contributed by atoms with Gasteiger partial charge in [0.15, 0.2) is 0 Å². The summed E-state index contributed by atoms with van der Waals surface area (Å²) in [5.74, 6) is 2.53. The highest BCUT2D eigenvalue weighted by Crippen LogP contribution is 2.23. The van der Waals surface area contributed by atoms with E-state index >= 15 is 0 Å². The third-order valence-corrected chi connectivity index (χ3v) is 4.85. The summed E-state index contributed by atoms with van der Waals surface area (Å²) in [4.78, 5) is 26.1. The maximum absolute atomic E-state index is 12.4. The molecular weight excluding hydrogens is 314 g/mol. The van der Waals surface area contributed by atoms with Crippen LogP contribution < -0.4 is 10.2 Å². The van der Waals surface area contributed by atoms with Crippen LogP contribution >= 0.6 is 0 Å². The van der Waals surface area contributed by atoms with Crippen LogP contribution in [0, 0.1) is 6.92 Å². The maximum Gasteiger partial charge on any atom is 0.224 e. The standard InChI is InChI=1S/C19H33N5O/c1-6-24(18(25)7-10-20-5)16-8-11-23(12-9-16)17-13-15(4)21-19(22-17)14(2)3/h13-14,16,20H,6-12H2,1-5H3. The first-order valence-corrected chi connectivity index (χ1v) is 9.50. The third-order valence-electron chi connectivity index (χ3n) is 4.85. The van der Waals surface area contributed by atoms with Crippen molar-refractivity contribution < 1.29 is 4.79 Å². The van der Waals surface area contributed by atoms with Gasteiger partial charge < -0.3 is 15.1 Å². The Morgan fingerprint density at radius 1 is 1.36 bits per heavy atom. The number of hydrogen-bond acceptors (Lipinski definition) is 5. The molecule has 0 aliphatic carbocycles. The minimum atomic E-state index is 0.260. The number of carbonyl (C=O) groups is 1. The lowest BCUT2D eigenvalue weighted by atomic mass is 10.0. The van der Waals surface area contributed by atoms with Crippen LogP contribution in [-0.2, 0) is 4.79 Å². The monoisotopic (exact) mass is 347 g/mol. The molecule has 1 fully saturated rings. The molecule has 1 N–H and O–H groups in total. The van der Waals surface area contributed by atoms with E-state index in [4.69, 9.17) is 4.98 Å². The van der Waals surface area contributed by atoms with Crippen molar-refractivity contribution in [2.24, 2.45) is 0 Å². The van der Waals surface area contributed by atoms with Gasteiger partial charge in [0.2, 0.25) is 5.91 Å². The number of aromatic nitrogens is 2. The molecule has 0 bridgehead atoms. The summed E-state index contributed by atoms with van der Waals surface area (Å²) in [7, 11) is 1.89. The highest BCUT2D eigenvalue weighted by Gasteiger charge is 2.27. The smallest absolute Gasteiger partial charge is 0.224 e. The topological polar surface area (TPSA) is 61.4 Å². The second-order valence-corrected chi connectivity index (χ2v) is 7.13. The Hall–Kier alpha value is -1.69. The van der Waals surface area contributed by atoms with Crippen LogP contribution in [0.2, 0.25) is 0 Å². The molecule has 0 saturated carbocycles. The lowest BCUT2D eigenvalue weighted by Gasteiger charge is -2.39. The van der Waals surface area contributed by atoms with Gasteiger partial charge in [-0.15, -0.1) is 0 Å². The highest BCUT2D eigenvalue weighted by molar-refractivity contribution is 5.76. The van der Waals surface area contributed by atoms with E-state index in [1.54, 1.807) is 0 Å². The van der Waals surface area contributed by atoms with Gasteiger partial charge in [-0.3, -0.25) is 4.79 Å². The van der Waals surface area contributed by atoms with Crippen molar-refractivity contribution in [1.82, 2.24) is 20.2 Å². The largest absolute Gasteiger partial charge is 0.356 e. The van der Waals surface area contributed by atoms with E-state index in [1.807, 2.05) is 14.0 Å². The van der Waals surface area contributed by atoms with E-state index in [9.17, 15) is 4.79 Å². The second kappa shape index (κ2) is 9.13. The van der Waals surface area contributed by atoms with Crippen LogP contribution in [-0.4, -0.2) is 60.0 Å². The zero-order valence-electron chi connectivity index (χ0n) is 16.4. The van der Waals surface area contributed by atoms with Crippen molar-refractivity contribution >= 4 is 11.7 Å². The Morgan fingerprint density at radius 3 is 2.60 bits per heavy atom. The van der Waals surface area contributed by atoms with E-state index < -0.39 is 0 Å². The number of nitrogens with one attached hydrogen (secondary N) is 1. The Morgan fingerprint density at radius 2 is 2.04 bits per heavy atom. The minimum Gasteiger partial charge on any atom is -0.356 e. The van der Waals surface area contributed by atoms with Gasteiger partial charge in [0.1, 0.15) is 11.6 Å². The highest BCUT2D eigenvalue weighted by atomic mass is 16.2. The zero-order valence-corrected chi connectivity index (χ0v) is 16.4. The molecule has 25 heavy (non-hydrogen) atoms. The number of anilines is 1. The SMILES string of the molecule is CCN(C(=O)CCNC)C1CCN(c2cc(C)nc(C(C)C)n2)CC1. The normalized spacial score (nSPS) is 15.7. The molecule has 0 aromatic carbocycles. The van der Waals surface area contributed by atoms with Gasteiger partial charge >= 0.3 is 0 Å². The van der Waals surface area contributed by atoms with Crippen LogP contribution in [0.4, 0.5) is 5.82 Å². The van der Waals surface area contributed by atoms with Crippen molar-refractivity contribution in [2.75, 3.05) is 38.1 Å². The number of rotatable bonds is 7. The molecule has 2 heterocycles. The number of aryl methyl sites for hydroxylation is 1. The van der Waals surface area contributed by atoms with Gasteiger partial charge in [0.25, 0.3) is 0 Å². The number of carbonyl (C=O) groups excluding carboxylic acids is 1. The second-order valence-electron chi connectivity index (χ2n) is 7.13. The Bertz CT molecular complexity index is 567. The van der Waals surface area contributed by atoms with Crippen LogP contribution in [0.1, 0.15) is 57.5 Å². The van der Waals surface area contributed by atoms with E-state index in [1.165, 1.54) is 0 Å². The van der Waals surface area contributed by atoms with E-state index in [0.717, 1.165) is 56.4 Å². The predicted molar refractivity (Wildman–Crippen MR) is 102 cm³/mol. The minimum absolute atomic E-state index is 0.260. The molecule has 1 aliphatic rings. The molecule has 2 rings (SSSR count). The summed E-state index contributed by atoms with van der Waals surface area (Å²) >= 11 is 0. The molecule has 6 nitrogen and oxygen atoms in total. The maximum atomic E-state index is 12.4. The fraction of sp³-hybridized carbons (Fsp3) is 0.737. The molecule has 1 amide bonds. The molecule has 0 atom stereocenters. The zero-order chi connectivity index (χ0) is 18.4. The van der Waals surface area contributed by atoms with Crippen molar-refractivity contribution in [3.05, 3.63) is 17.6 Å². The molecule has 0 unspecified atom stereocenters. The Balaban J connectivity index is 2.00. The van der Waals surface area contributed by atoms with Crippen LogP contribution in [0.25, 0.3) is 0 Å². The number of nitrogens with zero attached hydrogens (tertiary/aromatic N) is 4. The molecule has 1 saturated heterocycles. The quantitative estimate of drug-likeness (QED) is 0.820. The summed E-state index contributed by atoms with van der Waals surface area (Å²) in [5.41, 5.74) is 1.02. The van der Waals surface area contributed by atoms with Gasteiger partial charge in [0.05, 0.1) is 0 Å². The molecule has 0 radical (unpaired) electrons. The molecule has 6 heteroatoms. The first kappa shape index (κ1) is 19.6. The van der Waals surface area contributed by atoms with Crippen molar-refractivity contribution in [3.8, 4) is 0 Å². The van der Waals surface area contributed by atoms with Gasteiger partial charge in [-0.25, -0.2) is 9.97 Å². The van der Waals surface area contributed by atoms with Crippen molar-refractivity contribution in [1.29, 1.82) is 0 Å². The average molecular weight is 348 g/mol. The molecule has 1 aliphatic heterocycles. The fourth-order valence-corrected chi connectivity index (χ4v) is 3.41. The number of amides is 1. The lowest BCUT2D eigenvalue weighted by molar-refractivity contribution is -0.133. The first-order chi connectivity index (χ1) is 12.0. The first-order valence-electron chi connectivity index (χ1n) is 9.50. The van der Waals surface area contributed by atoms with E-state index in [-0.39, 0.29) is 5.91 Å². The Labute approximate surface area is 152 Å². The van der Waals surface area contributed by atoms with Gasteiger partial charge in [0, 0.05) is 56.3 Å². The molecule has 1 aromatic rings. The molecule has 140 valence electrons.